The largest absolute Gasteiger partial charge is 0.506 e. The van der Waals surface area contributed by atoms with Crippen molar-refractivity contribution in [1.82, 2.24) is 35.1 Å². The Morgan fingerprint density at radius 3 is 2.49 bits per heavy atom. The first-order chi connectivity index (χ1) is 16.5. The van der Waals surface area contributed by atoms with Crippen molar-refractivity contribution >= 4 is 30.5 Å². The summed E-state index contributed by atoms with van der Waals surface area (Å²) in [6.07, 6.45) is 2.07. The molecule has 0 aliphatic carbocycles. The number of aromatic hydroxyl groups is 1. The van der Waals surface area contributed by atoms with Crippen molar-refractivity contribution < 1.29 is 14.2 Å². The van der Waals surface area contributed by atoms with Gasteiger partial charge in [-0.2, -0.15) is 5.10 Å². The van der Waals surface area contributed by atoms with Gasteiger partial charge in [0.05, 0.1) is 17.6 Å². The Kier molecular flexibility index (Phi) is 7.97. The smallest absolute Gasteiger partial charge is 0.233 e. The van der Waals surface area contributed by atoms with E-state index < -0.39 is 17.8 Å². The fraction of sp³-hybridized carbons (Fsp3) is 0.400. The molecule has 0 amide bonds. The van der Waals surface area contributed by atoms with Gasteiger partial charge >= 0.3 is 0 Å². The highest BCUT2D eigenvalue weighted by Crippen LogP contribution is 2.34. The summed E-state index contributed by atoms with van der Waals surface area (Å²) in [5, 5.41) is 26.7. The SMILES string of the molecule is Cc1cn2nc(-c3cnc(-c4ccc(O[C@@H]5CC(C)(C)NC(C)(C)[C@@H]5F)nn4)c(O)c3)ccc2n1.Cl.Cl. The molecule has 5 heterocycles. The standard InChI is InChI=1S/C25H28FN7O2.2ClH/c1-14-13-33-20(28-14)8-6-16(31-33)15-10-18(34)22(27-12-15)17-7-9-21(30-29-17)35-19-11-24(2,3)32-25(4,5)23(19)26;;/h6-10,12-13,19,23,32,34H,11H2,1-5H3;2*1H/t19-,23-;;/m1../s1. The molecule has 5 rings (SSSR count). The fourth-order valence-corrected chi connectivity index (χ4v) is 4.77. The lowest BCUT2D eigenvalue weighted by atomic mass is 9.79. The zero-order valence-corrected chi connectivity index (χ0v) is 22.8. The molecule has 0 saturated carbocycles. The van der Waals surface area contributed by atoms with Crippen LogP contribution in [0.1, 0.15) is 39.8 Å². The summed E-state index contributed by atoms with van der Waals surface area (Å²) in [4.78, 5) is 8.75. The van der Waals surface area contributed by atoms with Gasteiger partial charge in [0.1, 0.15) is 23.2 Å². The maximum absolute atomic E-state index is 15.0. The van der Waals surface area contributed by atoms with Crippen LogP contribution in [0.3, 0.4) is 0 Å². The molecule has 12 heteroatoms. The Balaban J connectivity index is 0.00000190. The number of nitrogens with one attached hydrogen (secondary N) is 1. The molecule has 1 aliphatic heterocycles. The highest BCUT2D eigenvalue weighted by atomic mass is 35.5. The Hall–Kier alpha value is -3.08. The van der Waals surface area contributed by atoms with E-state index in [-0.39, 0.29) is 47.7 Å². The number of hydrogen-bond acceptors (Lipinski definition) is 8. The minimum absolute atomic E-state index is 0. The maximum atomic E-state index is 15.0. The van der Waals surface area contributed by atoms with Gasteiger partial charge in [0.15, 0.2) is 11.8 Å². The van der Waals surface area contributed by atoms with Crippen LogP contribution in [0.25, 0.3) is 28.3 Å². The molecule has 37 heavy (non-hydrogen) atoms. The predicted molar refractivity (Wildman–Crippen MR) is 143 cm³/mol. The minimum atomic E-state index is -1.21. The van der Waals surface area contributed by atoms with Crippen molar-refractivity contribution in [3.8, 4) is 34.3 Å². The fourth-order valence-electron chi connectivity index (χ4n) is 4.77. The van der Waals surface area contributed by atoms with Crippen molar-refractivity contribution in [2.24, 2.45) is 0 Å². The molecule has 0 unspecified atom stereocenters. The highest BCUT2D eigenvalue weighted by molar-refractivity contribution is 5.85. The van der Waals surface area contributed by atoms with Gasteiger partial charge in [-0.15, -0.1) is 35.0 Å². The number of pyridine rings is 1. The maximum Gasteiger partial charge on any atom is 0.233 e. The van der Waals surface area contributed by atoms with E-state index in [1.165, 1.54) is 0 Å². The molecule has 1 saturated heterocycles. The van der Waals surface area contributed by atoms with Gasteiger partial charge in [-0.3, -0.25) is 0 Å². The first-order valence-corrected chi connectivity index (χ1v) is 11.5. The molecule has 0 spiro atoms. The third-order valence-electron chi connectivity index (χ3n) is 6.15. The van der Waals surface area contributed by atoms with Gasteiger partial charge in [0, 0.05) is 35.3 Å². The van der Waals surface area contributed by atoms with Crippen LogP contribution in [0.4, 0.5) is 4.39 Å². The third-order valence-corrected chi connectivity index (χ3v) is 6.15. The van der Waals surface area contributed by atoms with E-state index in [1.807, 2.05) is 52.9 Å². The molecule has 4 aromatic rings. The summed E-state index contributed by atoms with van der Waals surface area (Å²) in [7, 11) is 0. The van der Waals surface area contributed by atoms with Crippen LogP contribution in [0, 0.1) is 6.92 Å². The molecule has 4 aromatic heterocycles. The lowest BCUT2D eigenvalue weighted by Crippen LogP contribution is -2.66. The topological polar surface area (TPSA) is 110 Å². The monoisotopic (exact) mass is 549 g/mol. The van der Waals surface area contributed by atoms with Crippen LogP contribution >= 0.6 is 24.8 Å². The van der Waals surface area contributed by atoms with Crippen LogP contribution in [0.5, 0.6) is 11.6 Å². The summed E-state index contributed by atoms with van der Waals surface area (Å²) in [6, 6.07) is 8.53. The third kappa shape index (κ3) is 5.76. The van der Waals surface area contributed by atoms with Gasteiger partial charge in [-0.25, -0.2) is 18.9 Å². The molecular weight excluding hydrogens is 520 g/mol. The molecule has 1 fully saturated rings. The normalized spacial score (nSPS) is 20.1. The molecular formula is C25H30Cl2FN7O2. The number of halogens is 3. The van der Waals surface area contributed by atoms with Crippen molar-refractivity contribution in [2.45, 2.75) is 64.4 Å². The Morgan fingerprint density at radius 1 is 1.08 bits per heavy atom. The van der Waals surface area contributed by atoms with E-state index in [4.69, 9.17) is 4.74 Å². The van der Waals surface area contributed by atoms with Gasteiger partial charge < -0.3 is 15.2 Å². The zero-order valence-electron chi connectivity index (χ0n) is 21.1. The number of nitrogens with zero attached hydrogens (tertiary/aromatic N) is 6. The summed E-state index contributed by atoms with van der Waals surface area (Å²) < 4.78 is 22.6. The average Bonchev–Trinajstić information content (AvgIpc) is 3.16. The van der Waals surface area contributed by atoms with Gasteiger partial charge in [-0.1, -0.05) is 0 Å². The summed E-state index contributed by atoms with van der Waals surface area (Å²) in [5.41, 5.74) is 2.55. The predicted octanol–water partition coefficient (Wildman–Crippen LogP) is 4.74. The van der Waals surface area contributed by atoms with Crippen molar-refractivity contribution in [2.75, 3.05) is 0 Å². The Bertz CT molecular complexity index is 1400. The van der Waals surface area contributed by atoms with Crippen molar-refractivity contribution in [1.29, 1.82) is 0 Å². The van der Waals surface area contributed by atoms with Crippen LogP contribution < -0.4 is 10.1 Å². The molecule has 198 valence electrons. The minimum Gasteiger partial charge on any atom is -0.506 e. The number of aryl methyl sites for hydroxylation is 1. The lowest BCUT2D eigenvalue weighted by Gasteiger charge is -2.48. The van der Waals surface area contributed by atoms with Crippen LogP contribution in [0.15, 0.2) is 42.7 Å². The molecule has 0 aromatic carbocycles. The molecule has 0 radical (unpaired) electrons. The van der Waals surface area contributed by atoms with E-state index in [0.717, 1.165) is 11.3 Å². The number of rotatable bonds is 4. The highest BCUT2D eigenvalue weighted by Gasteiger charge is 2.47. The number of ether oxygens (including phenoxy) is 1. The molecule has 2 N–H and O–H groups in total. The Morgan fingerprint density at radius 2 is 1.81 bits per heavy atom. The average molecular weight is 550 g/mol. The first-order valence-electron chi connectivity index (χ1n) is 11.5. The number of hydrogen-bond donors (Lipinski definition) is 2. The second kappa shape index (κ2) is 10.4. The van der Waals surface area contributed by atoms with E-state index in [9.17, 15) is 5.11 Å². The second-order valence-electron chi connectivity index (χ2n) is 10.2. The Labute approximate surface area is 226 Å². The van der Waals surface area contributed by atoms with Gasteiger partial charge in [-0.05, 0) is 58.9 Å². The lowest BCUT2D eigenvalue weighted by molar-refractivity contribution is -0.0281. The first kappa shape index (κ1) is 28.5. The quantitative estimate of drug-likeness (QED) is 0.375. The molecule has 0 bridgehead atoms. The van der Waals surface area contributed by atoms with E-state index in [0.29, 0.717) is 23.4 Å². The van der Waals surface area contributed by atoms with Crippen LogP contribution in [0.2, 0.25) is 0 Å². The summed E-state index contributed by atoms with van der Waals surface area (Å²) in [6.45, 7) is 9.59. The number of piperidine rings is 1. The number of aromatic nitrogens is 6. The summed E-state index contributed by atoms with van der Waals surface area (Å²) >= 11 is 0. The van der Waals surface area contributed by atoms with Gasteiger partial charge in [0.25, 0.3) is 0 Å². The zero-order chi connectivity index (χ0) is 25.0. The van der Waals surface area contributed by atoms with Crippen LogP contribution in [-0.4, -0.2) is 58.2 Å². The molecule has 2 atom stereocenters. The van der Waals surface area contributed by atoms with E-state index >= 15 is 4.39 Å². The number of imidazole rings is 1. The number of alkyl halides is 1. The van der Waals surface area contributed by atoms with Crippen molar-refractivity contribution in [3.05, 3.63) is 48.4 Å². The van der Waals surface area contributed by atoms with E-state index in [2.05, 4.69) is 30.6 Å². The summed E-state index contributed by atoms with van der Waals surface area (Å²) in [5.74, 6) is 0.166. The molecule has 1 aliphatic rings. The van der Waals surface area contributed by atoms with Crippen molar-refractivity contribution in [3.63, 3.8) is 0 Å². The molecule has 9 nitrogen and oxygen atoms in total. The van der Waals surface area contributed by atoms with E-state index in [1.54, 1.807) is 28.9 Å². The second-order valence-corrected chi connectivity index (χ2v) is 10.2. The van der Waals surface area contributed by atoms with Gasteiger partial charge in [0.2, 0.25) is 5.88 Å². The number of fused-ring (bicyclic) bond motifs is 1. The van der Waals surface area contributed by atoms with Crippen LogP contribution in [-0.2, 0) is 0 Å².